The third-order valence-electron chi connectivity index (χ3n) is 2.07. The summed E-state index contributed by atoms with van der Waals surface area (Å²) < 4.78 is 21.4. The molecule has 96 valence electrons. The number of alkyl halides is 2. The fraction of sp³-hybridized carbons (Fsp3) is 0.333. The molecule has 1 N–H and O–H groups in total. The number of sulfone groups is 1. The Hall–Kier alpha value is 0.670. The van der Waals surface area contributed by atoms with Crippen LogP contribution < -0.4 is 0 Å². The summed E-state index contributed by atoms with van der Waals surface area (Å²) in [7, 11) is -3.58. The largest absolute Gasteiger partial charge is 0.385 e. The predicted molar refractivity (Wildman–Crippen MR) is 76.9 cm³/mol. The summed E-state index contributed by atoms with van der Waals surface area (Å²) in [5.74, 6) is 0. The molecule has 1 aromatic rings. The van der Waals surface area contributed by atoms with Crippen LogP contribution in [0.4, 0.5) is 0 Å². The summed E-state index contributed by atoms with van der Waals surface area (Å²) >= 11 is 17.5. The van der Waals surface area contributed by atoms with Gasteiger partial charge in [0.2, 0.25) is 2.57 Å². The first kappa shape index (κ1) is 15.7. The quantitative estimate of drug-likeness (QED) is 0.752. The van der Waals surface area contributed by atoms with Crippen molar-refractivity contribution in [2.75, 3.05) is 6.26 Å². The Morgan fingerprint density at radius 2 is 1.88 bits per heavy atom. The molecule has 0 radical (unpaired) electrons. The van der Waals surface area contributed by atoms with Gasteiger partial charge < -0.3 is 5.11 Å². The van der Waals surface area contributed by atoms with Gasteiger partial charge in [-0.2, -0.15) is 0 Å². The molecule has 1 atom stereocenters. The molecule has 0 spiro atoms. The van der Waals surface area contributed by atoms with E-state index in [1.54, 1.807) is 0 Å². The molecule has 0 aliphatic heterocycles. The van der Waals surface area contributed by atoms with Crippen LogP contribution in [0.1, 0.15) is 11.7 Å². The molecule has 0 heterocycles. The van der Waals surface area contributed by atoms with E-state index < -0.39 is 18.5 Å². The number of hydrogen-bond acceptors (Lipinski definition) is 3. The second kappa shape index (κ2) is 5.35. The molecule has 0 aliphatic carbocycles. The monoisotopic (exact) mass is 424 g/mol. The predicted octanol–water partition coefficient (Wildman–Crippen LogP) is 3.52. The van der Waals surface area contributed by atoms with Crippen LogP contribution in [0.2, 0.25) is 10.0 Å². The van der Waals surface area contributed by atoms with Crippen molar-refractivity contribution in [3.63, 3.8) is 0 Å². The smallest absolute Gasteiger partial charge is 0.210 e. The lowest BCUT2D eigenvalue weighted by atomic mass is 10.1. The number of aliphatic hydroxyl groups is 1. The van der Waals surface area contributed by atoms with Crippen LogP contribution in [-0.4, -0.2) is 22.3 Å². The van der Waals surface area contributed by atoms with Crippen LogP contribution in [0, 0.1) is 0 Å². The van der Waals surface area contributed by atoms with E-state index in [2.05, 4.69) is 31.9 Å². The molecule has 0 aromatic heterocycles. The van der Waals surface area contributed by atoms with Gasteiger partial charge in [-0.1, -0.05) is 61.1 Å². The zero-order chi connectivity index (χ0) is 13.4. The standard InChI is InChI=1S/C9H8Br2Cl2O3S/c1-17(15,16)9(10,11)8(14)6-3-2-5(12)4-7(6)13/h2-4,8,14H,1H3. The van der Waals surface area contributed by atoms with E-state index in [9.17, 15) is 13.5 Å². The first-order chi connectivity index (χ1) is 7.57. The lowest BCUT2D eigenvalue weighted by Crippen LogP contribution is -2.31. The molecule has 1 rings (SSSR count). The van der Waals surface area contributed by atoms with Gasteiger partial charge in [-0.15, -0.1) is 0 Å². The number of hydrogen-bond donors (Lipinski definition) is 1. The van der Waals surface area contributed by atoms with Gasteiger partial charge in [0.25, 0.3) is 0 Å². The van der Waals surface area contributed by atoms with Crippen LogP contribution >= 0.6 is 55.1 Å². The average Bonchev–Trinajstić information content (AvgIpc) is 2.14. The fourth-order valence-electron chi connectivity index (χ4n) is 1.11. The first-order valence-electron chi connectivity index (χ1n) is 4.28. The van der Waals surface area contributed by atoms with Crippen molar-refractivity contribution in [2.24, 2.45) is 0 Å². The summed E-state index contributed by atoms with van der Waals surface area (Å²) in [6, 6.07) is 4.42. The van der Waals surface area contributed by atoms with Gasteiger partial charge >= 0.3 is 0 Å². The number of aliphatic hydroxyl groups excluding tert-OH is 1. The van der Waals surface area contributed by atoms with E-state index in [1.807, 2.05) is 0 Å². The van der Waals surface area contributed by atoms with Gasteiger partial charge in [-0.25, -0.2) is 8.42 Å². The molecule has 0 saturated carbocycles. The van der Waals surface area contributed by atoms with Gasteiger partial charge in [0.1, 0.15) is 6.10 Å². The topological polar surface area (TPSA) is 54.4 Å². The van der Waals surface area contributed by atoms with Crippen LogP contribution in [0.3, 0.4) is 0 Å². The highest BCUT2D eigenvalue weighted by atomic mass is 79.9. The van der Waals surface area contributed by atoms with Gasteiger partial charge in [-0.3, -0.25) is 0 Å². The van der Waals surface area contributed by atoms with Gasteiger partial charge in [0.05, 0.1) is 0 Å². The molecule has 1 unspecified atom stereocenters. The summed E-state index contributed by atoms with van der Waals surface area (Å²) in [5, 5.41) is 10.6. The maximum atomic E-state index is 11.5. The van der Waals surface area contributed by atoms with Crippen molar-refractivity contribution in [2.45, 2.75) is 8.67 Å². The van der Waals surface area contributed by atoms with Gasteiger partial charge in [0, 0.05) is 21.9 Å². The molecule has 0 bridgehead atoms. The zero-order valence-electron chi connectivity index (χ0n) is 8.49. The number of rotatable bonds is 3. The second-order valence-corrected chi connectivity index (χ2v) is 11.0. The summed E-state index contributed by atoms with van der Waals surface area (Å²) in [6.45, 7) is 0. The summed E-state index contributed by atoms with van der Waals surface area (Å²) in [6.07, 6.45) is -0.383. The van der Waals surface area contributed by atoms with E-state index in [0.29, 0.717) is 5.02 Å². The molecule has 0 fully saturated rings. The van der Waals surface area contributed by atoms with E-state index in [0.717, 1.165) is 6.26 Å². The Balaban J connectivity index is 3.26. The Bertz CT molecular complexity index is 531. The molecule has 17 heavy (non-hydrogen) atoms. The second-order valence-electron chi connectivity index (χ2n) is 3.40. The Morgan fingerprint density at radius 1 is 1.35 bits per heavy atom. The van der Waals surface area contributed by atoms with Crippen molar-refractivity contribution >= 4 is 64.9 Å². The van der Waals surface area contributed by atoms with Crippen molar-refractivity contribution in [3.8, 4) is 0 Å². The minimum Gasteiger partial charge on any atom is -0.385 e. The normalized spacial score (nSPS) is 14.7. The van der Waals surface area contributed by atoms with Crippen LogP contribution in [0.25, 0.3) is 0 Å². The van der Waals surface area contributed by atoms with Gasteiger partial charge in [0.15, 0.2) is 9.84 Å². The molecular weight excluding hydrogens is 419 g/mol. The molecular formula is C9H8Br2Cl2O3S. The molecule has 0 amide bonds. The van der Waals surface area contributed by atoms with Crippen molar-refractivity contribution < 1.29 is 13.5 Å². The van der Waals surface area contributed by atoms with Crippen LogP contribution in [-0.2, 0) is 9.84 Å². The number of halogens is 4. The highest BCUT2D eigenvalue weighted by Crippen LogP contribution is 2.45. The summed E-state index contributed by atoms with van der Waals surface area (Å²) in [5.41, 5.74) is 0.259. The number of benzene rings is 1. The maximum absolute atomic E-state index is 11.5. The van der Waals surface area contributed by atoms with E-state index in [1.165, 1.54) is 18.2 Å². The third kappa shape index (κ3) is 3.36. The minimum atomic E-state index is -3.58. The Labute approximate surface area is 126 Å². The zero-order valence-corrected chi connectivity index (χ0v) is 14.0. The van der Waals surface area contributed by atoms with Crippen molar-refractivity contribution in [1.29, 1.82) is 0 Å². The highest BCUT2D eigenvalue weighted by Gasteiger charge is 2.44. The molecule has 3 nitrogen and oxygen atoms in total. The van der Waals surface area contributed by atoms with Crippen LogP contribution in [0.5, 0.6) is 0 Å². The molecule has 0 aliphatic rings. The van der Waals surface area contributed by atoms with Crippen molar-refractivity contribution in [1.82, 2.24) is 0 Å². The highest BCUT2D eigenvalue weighted by molar-refractivity contribution is 9.27. The Kier molecular flexibility index (Phi) is 4.95. The lowest BCUT2D eigenvalue weighted by Gasteiger charge is -2.25. The maximum Gasteiger partial charge on any atom is 0.210 e. The lowest BCUT2D eigenvalue weighted by molar-refractivity contribution is 0.189. The SMILES string of the molecule is CS(=O)(=O)C(Br)(Br)C(O)c1ccc(Cl)cc1Cl. The van der Waals surface area contributed by atoms with E-state index >= 15 is 0 Å². The first-order valence-corrected chi connectivity index (χ1v) is 8.51. The van der Waals surface area contributed by atoms with Gasteiger partial charge in [-0.05, 0) is 12.1 Å². The Morgan fingerprint density at radius 3 is 2.29 bits per heavy atom. The van der Waals surface area contributed by atoms with E-state index in [-0.39, 0.29) is 10.6 Å². The van der Waals surface area contributed by atoms with E-state index in [4.69, 9.17) is 23.2 Å². The molecule has 0 saturated heterocycles. The molecule has 8 heteroatoms. The average molecular weight is 427 g/mol. The van der Waals surface area contributed by atoms with Crippen molar-refractivity contribution in [3.05, 3.63) is 33.8 Å². The third-order valence-corrected chi connectivity index (χ3v) is 8.24. The van der Waals surface area contributed by atoms with Crippen LogP contribution in [0.15, 0.2) is 18.2 Å². The molecule has 1 aromatic carbocycles. The fourth-order valence-corrected chi connectivity index (χ4v) is 2.64. The summed E-state index contributed by atoms with van der Waals surface area (Å²) in [4.78, 5) is 0. The minimum absolute atomic E-state index is 0.192.